The second kappa shape index (κ2) is 12.1. The van der Waals surface area contributed by atoms with Gasteiger partial charge in [-0.1, -0.05) is 61.2 Å². The van der Waals surface area contributed by atoms with E-state index in [0.29, 0.717) is 17.9 Å². The molecule has 0 aliphatic rings. The van der Waals surface area contributed by atoms with E-state index in [1.165, 1.54) is 0 Å². The number of anilines is 1. The lowest BCUT2D eigenvalue weighted by molar-refractivity contribution is 0.0951. The average molecular weight is 484 g/mol. The van der Waals surface area contributed by atoms with Crippen molar-refractivity contribution in [2.45, 2.75) is 30.8 Å². The van der Waals surface area contributed by atoms with Gasteiger partial charge in [0.25, 0.3) is 5.91 Å². The molecule has 4 aromatic rings. The third-order valence-electron chi connectivity index (χ3n) is 5.47. The molecule has 0 bridgehead atoms. The highest BCUT2D eigenvalue weighted by molar-refractivity contribution is 7.98. The van der Waals surface area contributed by atoms with Crippen molar-refractivity contribution in [3.63, 3.8) is 0 Å². The molecule has 0 radical (unpaired) electrons. The summed E-state index contributed by atoms with van der Waals surface area (Å²) in [6.07, 6.45) is 4.49. The molecule has 0 aliphatic heterocycles. The fourth-order valence-corrected chi connectivity index (χ4v) is 4.41. The molecular weight excluding hydrogens is 454 g/mol. The Kier molecular flexibility index (Phi) is 8.46. The topological polar surface area (TPSA) is 71.0 Å². The minimum atomic E-state index is -0.0977. The van der Waals surface area contributed by atoms with Crippen LogP contribution in [-0.2, 0) is 12.3 Å². The Balaban J connectivity index is 1.47. The van der Waals surface area contributed by atoms with Gasteiger partial charge in [0.05, 0.1) is 5.69 Å². The first-order chi connectivity index (χ1) is 17.1. The molecule has 7 heteroatoms. The molecule has 35 heavy (non-hydrogen) atoms. The van der Waals surface area contributed by atoms with Gasteiger partial charge in [-0.15, -0.1) is 0 Å². The first-order valence-electron chi connectivity index (χ1n) is 11.7. The van der Waals surface area contributed by atoms with Gasteiger partial charge in [-0.3, -0.25) is 9.78 Å². The van der Waals surface area contributed by atoms with Crippen LogP contribution in [0.3, 0.4) is 0 Å². The second-order valence-corrected chi connectivity index (χ2v) is 9.15. The van der Waals surface area contributed by atoms with Crippen LogP contribution in [-0.4, -0.2) is 34.5 Å². The lowest BCUT2D eigenvalue weighted by atomic mass is 10.1. The lowest BCUT2D eigenvalue weighted by Crippen LogP contribution is -2.22. The van der Waals surface area contributed by atoms with Crippen LogP contribution in [0.1, 0.15) is 34.8 Å². The Bertz CT molecular complexity index is 1250. The van der Waals surface area contributed by atoms with Gasteiger partial charge in [-0.25, -0.2) is 9.97 Å². The Labute approximate surface area is 210 Å². The quantitative estimate of drug-likeness (QED) is 0.234. The first kappa shape index (κ1) is 24.4. The van der Waals surface area contributed by atoms with E-state index in [9.17, 15) is 4.79 Å². The maximum absolute atomic E-state index is 12.7. The number of nitrogens with zero attached hydrogens (tertiary/aromatic N) is 4. The number of hydrogen-bond acceptors (Lipinski definition) is 6. The maximum Gasteiger partial charge on any atom is 0.251 e. The van der Waals surface area contributed by atoms with Crippen molar-refractivity contribution >= 4 is 23.5 Å². The predicted octanol–water partition coefficient (Wildman–Crippen LogP) is 5.61. The largest absolute Gasteiger partial charge is 0.360 e. The highest BCUT2D eigenvalue weighted by Gasteiger charge is 2.12. The summed E-state index contributed by atoms with van der Waals surface area (Å²) in [5.41, 5.74) is 4.67. The van der Waals surface area contributed by atoms with E-state index in [0.717, 1.165) is 46.3 Å². The van der Waals surface area contributed by atoms with Gasteiger partial charge in [0.15, 0.2) is 5.16 Å². The summed E-state index contributed by atoms with van der Waals surface area (Å²) in [6.45, 7) is 3.55. The Morgan fingerprint density at radius 2 is 1.74 bits per heavy atom. The van der Waals surface area contributed by atoms with E-state index in [4.69, 9.17) is 9.97 Å². The molecule has 0 atom stereocenters. The smallest absolute Gasteiger partial charge is 0.251 e. The summed E-state index contributed by atoms with van der Waals surface area (Å²) in [6, 6.07) is 23.7. The van der Waals surface area contributed by atoms with Crippen LogP contribution < -0.4 is 10.2 Å². The fraction of sp³-hybridized carbons (Fsp3) is 0.214. The summed E-state index contributed by atoms with van der Waals surface area (Å²) < 4.78 is 0. The van der Waals surface area contributed by atoms with Crippen LogP contribution in [0.4, 0.5) is 5.82 Å². The summed E-state index contributed by atoms with van der Waals surface area (Å²) in [7, 11) is 2.06. The summed E-state index contributed by atoms with van der Waals surface area (Å²) in [4.78, 5) is 28.5. The van der Waals surface area contributed by atoms with Gasteiger partial charge in [0, 0.05) is 55.5 Å². The molecule has 2 aromatic heterocycles. The zero-order valence-corrected chi connectivity index (χ0v) is 20.8. The summed E-state index contributed by atoms with van der Waals surface area (Å²) in [5, 5.41) is 3.69. The third kappa shape index (κ3) is 6.90. The summed E-state index contributed by atoms with van der Waals surface area (Å²) >= 11 is 1.58. The molecule has 1 N–H and O–H groups in total. The van der Waals surface area contributed by atoms with Crippen molar-refractivity contribution in [1.29, 1.82) is 0 Å². The van der Waals surface area contributed by atoms with Crippen LogP contribution in [0.5, 0.6) is 0 Å². The molecule has 0 unspecified atom stereocenters. The minimum absolute atomic E-state index is 0.0977. The molecule has 0 fully saturated rings. The number of thioether (sulfide) groups is 1. The van der Waals surface area contributed by atoms with Crippen molar-refractivity contribution in [3.05, 3.63) is 102 Å². The number of hydrogen-bond donors (Lipinski definition) is 1. The molecule has 0 aliphatic carbocycles. The first-order valence-corrected chi connectivity index (χ1v) is 12.7. The number of rotatable bonds is 10. The van der Waals surface area contributed by atoms with E-state index in [1.807, 2.05) is 60.7 Å². The van der Waals surface area contributed by atoms with E-state index in [-0.39, 0.29) is 5.91 Å². The van der Waals surface area contributed by atoms with Crippen LogP contribution >= 0.6 is 11.8 Å². The third-order valence-corrected chi connectivity index (χ3v) is 6.39. The molecule has 4 rings (SSSR count). The van der Waals surface area contributed by atoms with E-state index >= 15 is 0 Å². The molecule has 178 valence electrons. The standard InChI is InChI=1S/C28H29N5OS/c1-3-16-33(2)26-18-25(23-9-5-4-6-10-23)31-28(32-26)35-20-22-8-7-11-24(17-22)27(34)30-19-21-12-14-29-15-13-21/h4-15,17-18H,3,16,19-20H2,1-2H3,(H,30,34). The SMILES string of the molecule is CCCN(C)c1cc(-c2ccccc2)nc(SCc2cccc(C(=O)NCc3ccncc3)c2)n1. The Morgan fingerprint density at radius 1 is 0.943 bits per heavy atom. The molecule has 0 saturated carbocycles. The van der Waals surface area contributed by atoms with Crippen molar-refractivity contribution < 1.29 is 4.79 Å². The number of carbonyl (C=O) groups is 1. The number of benzene rings is 2. The second-order valence-electron chi connectivity index (χ2n) is 8.21. The van der Waals surface area contributed by atoms with Crippen LogP contribution in [0.2, 0.25) is 0 Å². The minimum Gasteiger partial charge on any atom is -0.360 e. The molecule has 0 spiro atoms. The zero-order chi connectivity index (χ0) is 24.5. The maximum atomic E-state index is 12.7. The highest BCUT2D eigenvalue weighted by Crippen LogP contribution is 2.27. The number of amides is 1. The number of nitrogens with one attached hydrogen (secondary N) is 1. The molecule has 2 aromatic carbocycles. The van der Waals surface area contributed by atoms with Crippen LogP contribution in [0.15, 0.2) is 90.3 Å². The van der Waals surface area contributed by atoms with E-state index < -0.39 is 0 Å². The number of aromatic nitrogens is 3. The van der Waals surface area contributed by atoms with Crippen LogP contribution in [0.25, 0.3) is 11.3 Å². The zero-order valence-electron chi connectivity index (χ0n) is 20.0. The van der Waals surface area contributed by atoms with Crippen molar-refractivity contribution in [2.24, 2.45) is 0 Å². The van der Waals surface area contributed by atoms with Crippen molar-refractivity contribution in [2.75, 3.05) is 18.5 Å². The highest BCUT2D eigenvalue weighted by atomic mass is 32.2. The predicted molar refractivity (Wildman–Crippen MR) is 142 cm³/mol. The summed E-state index contributed by atoms with van der Waals surface area (Å²) in [5.74, 6) is 1.48. The number of pyridine rings is 1. The average Bonchev–Trinajstić information content (AvgIpc) is 2.92. The normalized spacial score (nSPS) is 10.7. The number of carbonyl (C=O) groups excluding carboxylic acids is 1. The van der Waals surface area contributed by atoms with Crippen molar-refractivity contribution in [3.8, 4) is 11.3 Å². The Morgan fingerprint density at radius 3 is 2.51 bits per heavy atom. The molecule has 0 saturated heterocycles. The van der Waals surface area contributed by atoms with Gasteiger partial charge in [0.2, 0.25) is 0 Å². The van der Waals surface area contributed by atoms with Gasteiger partial charge in [-0.2, -0.15) is 0 Å². The van der Waals surface area contributed by atoms with Gasteiger partial charge < -0.3 is 10.2 Å². The van der Waals surface area contributed by atoms with E-state index in [2.05, 4.69) is 41.3 Å². The molecular formula is C28H29N5OS. The lowest BCUT2D eigenvalue weighted by Gasteiger charge is -2.18. The van der Waals surface area contributed by atoms with E-state index in [1.54, 1.807) is 24.2 Å². The fourth-order valence-electron chi connectivity index (χ4n) is 3.62. The molecule has 2 heterocycles. The van der Waals surface area contributed by atoms with Crippen LogP contribution in [0, 0.1) is 0 Å². The Hall–Kier alpha value is -3.71. The van der Waals surface area contributed by atoms with Gasteiger partial charge in [-0.05, 0) is 41.8 Å². The molecule has 6 nitrogen and oxygen atoms in total. The monoisotopic (exact) mass is 483 g/mol. The van der Waals surface area contributed by atoms with Gasteiger partial charge in [0.1, 0.15) is 5.82 Å². The molecule has 1 amide bonds. The van der Waals surface area contributed by atoms with Crippen molar-refractivity contribution in [1.82, 2.24) is 20.3 Å². The van der Waals surface area contributed by atoms with Gasteiger partial charge >= 0.3 is 0 Å².